The van der Waals surface area contributed by atoms with Crippen LogP contribution >= 0.6 is 0 Å². The molecule has 0 saturated heterocycles. The van der Waals surface area contributed by atoms with Crippen LogP contribution in [0.25, 0.3) is 0 Å². The van der Waals surface area contributed by atoms with Crippen molar-refractivity contribution in [2.75, 3.05) is 0 Å². The molecule has 17 heavy (non-hydrogen) atoms. The molecule has 0 spiro atoms. The molecule has 2 amide bonds. The number of nitrogens with one attached hydrogen (secondary N) is 2. The van der Waals surface area contributed by atoms with E-state index in [1.165, 1.54) is 0 Å². The molecule has 0 fully saturated rings. The van der Waals surface area contributed by atoms with Gasteiger partial charge < -0.3 is 5.32 Å². The van der Waals surface area contributed by atoms with Crippen LogP contribution in [0.4, 0.5) is 0 Å². The largest absolute Gasteiger partial charge is 0.348 e. The summed E-state index contributed by atoms with van der Waals surface area (Å²) in [6.07, 6.45) is 2.85. The molecule has 1 heterocycles. The van der Waals surface area contributed by atoms with Gasteiger partial charge in [-0.3, -0.25) is 9.59 Å². The third-order valence-electron chi connectivity index (χ3n) is 3.28. The number of hydrogen-bond donors (Lipinski definition) is 2. The summed E-state index contributed by atoms with van der Waals surface area (Å²) < 4.78 is 0. The normalized spacial score (nSPS) is 17.4. The number of hydrazone groups is 1. The molecular formula is C12H21N3O2. The van der Waals surface area contributed by atoms with E-state index in [0.29, 0.717) is 24.5 Å². The van der Waals surface area contributed by atoms with Crippen LogP contribution in [0.3, 0.4) is 0 Å². The number of nitrogens with zero attached hydrogens (tertiary/aromatic N) is 1. The zero-order valence-corrected chi connectivity index (χ0v) is 10.7. The molecule has 5 heteroatoms. The second kappa shape index (κ2) is 6.37. The van der Waals surface area contributed by atoms with Gasteiger partial charge in [-0.25, -0.2) is 5.43 Å². The maximum atomic E-state index is 11.9. The Balaban J connectivity index is 2.51. The summed E-state index contributed by atoms with van der Waals surface area (Å²) in [5, 5.41) is 6.72. The maximum Gasteiger partial charge on any atom is 0.267 e. The Morgan fingerprint density at radius 3 is 2.53 bits per heavy atom. The molecule has 1 unspecified atom stereocenters. The van der Waals surface area contributed by atoms with E-state index in [2.05, 4.69) is 29.7 Å². The summed E-state index contributed by atoms with van der Waals surface area (Å²) in [6, 6.07) is 0.137. The quantitative estimate of drug-likeness (QED) is 0.756. The summed E-state index contributed by atoms with van der Waals surface area (Å²) in [5.41, 5.74) is 2.75. The summed E-state index contributed by atoms with van der Waals surface area (Å²) in [4.78, 5) is 22.8. The van der Waals surface area contributed by atoms with Gasteiger partial charge in [0.05, 0.1) is 0 Å². The maximum absolute atomic E-state index is 11.9. The first-order valence-corrected chi connectivity index (χ1v) is 6.24. The third-order valence-corrected chi connectivity index (χ3v) is 3.28. The van der Waals surface area contributed by atoms with Crippen molar-refractivity contribution in [3.8, 4) is 0 Å². The summed E-state index contributed by atoms with van der Waals surface area (Å²) in [5.74, 6) is 0.191. The predicted octanol–water partition coefficient (Wildman–Crippen LogP) is 1.19. The molecule has 0 aromatic heterocycles. The smallest absolute Gasteiger partial charge is 0.267 e. The average Bonchev–Trinajstić information content (AvgIpc) is 2.31. The van der Waals surface area contributed by atoms with E-state index in [1.807, 2.05) is 6.92 Å². The highest BCUT2D eigenvalue weighted by molar-refractivity contribution is 6.39. The molecule has 1 atom stereocenters. The first-order valence-electron chi connectivity index (χ1n) is 6.24. The van der Waals surface area contributed by atoms with Gasteiger partial charge in [0.15, 0.2) is 0 Å². The lowest BCUT2D eigenvalue weighted by Gasteiger charge is -2.23. The van der Waals surface area contributed by atoms with Crippen molar-refractivity contribution in [1.82, 2.24) is 10.7 Å². The van der Waals surface area contributed by atoms with Crippen LogP contribution in [0.15, 0.2) is 5.10 Å². The van der Waals surface area contributed by atoms with Crippen molar-refractivity contribution < 1.29 is 9.59 Å². The Labute approximate surface area is 102 Å². The van der Waals surface area contributed by atoms with E-state index >= 15 is 0 Å². The fourth-order valence-corrected chi connectivity index (χ4v) is 2.04. The SMILES string of the molecule is CCC(CC)C(C)NC(=O)C1=NNC(=O)CC1. The van der Waals surface area contributed by atoms with Crippen molar-refractivity contribution in [2.24, 2.45) is 11.0 Å². The van der Waals surface area contributed by atoms with Gasteiger partial charge >= 0.3 is 0 Å². The Kier molecular flexibility index (Phi) is 5.12. The lowest BCUT2D eigenvalue weighted by molar-refractivity contribution is -0.121. The van der Waals surface area contributed by atoms with Gasteiger partial charge in [0.2, 0.25) is 5.91 Å². The number of carbonyl (C=O) groups excluding carboxylic acids is 2. The first-order chi connectivity index (χ1) is 8.08. The monoisotopic (exact) mass is 239 g/mol. The van der Waals surface area contributed by atoms with E-state index < -0.39 is 0 Å². The van der Waals surface area contributed by atoms with Crippen LogP contribution in [0.5, 0.6) is 0 Å². The standard InChI is InChI=1S/C12H21N3O2/c1-4-9(5-2)8(3)13-12(17)10-6-7-11(16)15-14-10/h8-9H,4-7H2,1-3H3,(H,13,17)(H,15,16). The Morgan fingerprint density at radius 2 is 2.06 bits per heavy atom. The number of carbonyl (C=O) groups is 2. The van der Waals surface area contributed by atoms with Crippen LogP contribution in [-0.4, -0.2) is 23.6 Å². The minimum atomic E-state index is -0.163. The van der Waals surface area contributed by atoms with Gasteiger partial charge in [0.1, 0.15) is 5.71 Å². The lowest BCUT2D eigenvalue weighted by Crippen LogP contribution is -2.43. The van der Waals surface area contributed by atoms with Gasteiger partial charge in [0, 0.05) is 18.9 Å². The van der Waals surface area contributed by atoms with E-state index in [-0.39, 0.29) is 17.9 Å². The molecule has 0 aliphatic carbocycles. The summed E-state index contributed by atoms with van der Waals surface area (Å²) in [7, 11) is 0. The molecule has 0 radical (unpaired) electrons. The number of rotatable bonds is 5. The molecule has 5 nitrogen and oxygen atoms in total. The van der Waals surface area contributed by atoms with Gasteiger partial charge in [-0.15, -0.1) is 0 Å². The second-order valence-electron chi connectivity index (χ2n) is 4.43. The van der Waals surface area contributed by atoms with Crippen molar-refractivity contribution in [3.63, 3.8) is 0 Å². The van der Waals surface area contributed by atoms with E-state index in [9.17, 15) is 9.59 Å². The van der Waals surface area contributed by atoms with Crippen molar-refractivity contribution in [3.05, 3.63) is 0 Å². The van der Waals surface area contributed by atoms with Gasteiger partial charge in [-0.05, 0) is 12.8 Å². The van der Waals surface area contributed by atoms with Gasteiger partial charge in [0.25, 0.3) is 5.91 Å². The Hall–Kier alpha value is -1.39. The third kappa shape index (κ3) is 3.84. The van der Waals surface area contributed by atoms with E-state index in [0.717, 1.165) is 12.8 Å². The van der Waals surface area contributed by atoms with Crippen LogP contribution in [0.1, 0.15) is 46.5 Å². The molecule has 0 aromatic carbocycles. The summed E-state index contributed by atoms with van der Waals surface area (Å²) in [6.45, 7) is 6.25. The molecule has 1 aliphatic rings. The predicted molar refractivity (Wildman–Crippen MR) is 66.5 cm³/mol. The molecule has 0 saturated carbocycles. The summed E-state index contributed by atoms with van der Waals surface area (Å²) >= 11 is 0. The molecule has 1 aliphatic heterocycles. The molecule has 0 aromatic rings. The number of amides is 2. The minimum Gasteiger partial charge on any atom is -0.348 e. The zero-order chi connectivity index (χ0) is 12.8. The fraction of sp³-hybridized carbons (Fsp3) is 0.750. The topological polar surface area (TPSA) is 70.6 Å². The Bertz CT molecular complexity index is 322. The highest BCUT2D eigenvalue weighted by atomic mass is 16.2. The zero-order valence-electron chi connectivity index (χ0n) is 10.7. The van der Waals surface area contributed by atoms with Crippen molar-refractivity contribution >= 4 is 17.5 Å². The van der Waals surface area contributed by atoms with E-state index in [1.54, 1.807) is 0 Å². The van der Waals surface area contributed by atoms with Crippen LogP contribution in [0.2, 0.25) is 0 Å². The Morgan fingerprint density at radius 1 is 1.41 bits per heavy atom. The highest BCUT2D eigenvalue weighted by Gasteiger charge is 2.21. The minimum absolute atomic E-state index is 0.130. The van der Waals surface area contributed by atoms with Gasteiger partial charge in [-0.1, -0.05) is 26.7 Å². The highest BCUT2D eigenvalue weighted by Crippen LogP contribution is 2.12. The van der Waals surface area contributed by atoms with Crippen LogP contribution in [0, 0.1) is 5.92 Å². The van der Waals surface area contributed by atoms with Crippen LogP contribution < -0.4 is 10.7 Å². The molecule has 1 rings (SSSR count). The molecular weight excluding hydrogens is 218 g/mol. The van der Waals surface area contributed by atoms with Gasteiger partial charge in [-0.2, -0.15) is 5.10 Å². The van der Waals surface area contributed by atoms with Crippen molar-refractivity contribution in [1.29, 1.82) is 0 Å². The molecule has 96 valence electrons. The lowest BCUT2D eigenvalue weighted by atomic mass is 9.95. The first kappa shape index (κ1) is 13.7. The molecule has 2 N–H and O–H groups in total. The van der Waals surface area contributed by atoms with E-state index in [4.69, 9.17) is 0 Å². The van der Waals surface area contributed by atoms with Crippen molar-refractivity contribution in [2.45, 2.75) is 52.5 Å². The average molecular weight is 239 g/mol. The second-order valence-corrected chi connectivity index (χ2v) is 4.43. The number of hydrogen-bond acceptors (Lipinski definition) is 3. The molecule has 0 bridgehead atoms. The van der Waals surface area contributed by atoms with Crippen LogP contribution in [-0.2, 0) is 9.59 Å². The fourth-order valence-electron chi connectivity index (χ4n) is 2.04.